The first kappa shape index (κ1) is 20.6. The smallest absolute Gasteiger partial charge is 0.255 e. The van der Waals surface area contributed by atoms with Gasteiger partial charge in [0.15, 0.2) is 18.1 Å². The van der Waals surface area contributed by atoms with Crippen LogP contribution < -0.4 is 20.5 Å². The lowest BCUT2D eigenvalue weighted by Gasteiger charge is -2.13. The van der Waals surface area contributed by atoms with Crippen molar-refractivity contribution >= 4 is 23.4 Å². The number of benzene rings is 1. The highest BCUT2D eigenvalue weighted by Crippen LogP contribution is 2.36. The van der Waals surface area contributed by atoms with Crippen molar-refractivity contribution in [1.82, 2.24) is 10.3 Å². The summed E-state index contributed by atoms with van der Waals surface area (Å²) in [6, 6.07) is 2.86. The van der Waals surface area contributed by atoms with Crippen LogP contribution in [0.1, 0.15) is 42.8 Å². The number of halogens is 1. The fourth-order valence-electron chi connectivity index (χ4n) is 2.13. The number of primary amides is 1. The Morgan fingerprint density at radius 3 is 2.59 bits per heavy atom. The summed E-state index contributed by atoms with van der Waals surface area (Å²) in [7, 11) is 1.39. The van der Waals surface area contributed by atoms with Gasteiger partial charge in [0.05, 0.1) is 24.9 Å². The maximum absolute atomic E-state index is 12.4. The maximum Gasteiger partial charge on any atom is 0.255 e. The van der Waals surface area contributed by atoms with Crippen molar-refractivity contribution in [3.63, 3.8) is 0 Å². The molecule has 0 aliphatic carbocycles. The van der Waals surface area contributed by atoms with E-state index in [1.165, 1.54) is 19.2 Å². The van der Waals surface area contributed by atoms with Gasteiger partial charge < -0.3 is 24.9 Å². The number of ether oxygens (including phenoxy) is 2. The number of hydrogen-bond donors (Lipinski definition) is 2. The Bertz CT molecular complexity index is 842. The van der Waals surface area contributed by atoms with Gasteiger partial charge in [-0.25, -0.2) is 4.98 Å². The minimum Gasteiger partial charge on any atom is -0.493 e. The molecule has 27 heavy (non-hydrogen) atoms. The van der Waals surface area contributed by atoms with E-state index in [0.29, 0.717) is 5.89 Å². The standard InChI is InChI=1S/C18H22ClN3O5/c1-18(2,3)13-7-21-15(27-13)8-22-17(24)10-5-11(19)16(12(6-10)25-4)26-9-14(20)23/h5-7H,8-9H2,1-4H3,(H2,20,23)(H,22,24). The SMILES string of the molecule is COc1cc(C(=O)NCc2ncc(C(C)(C)C)o2)cc(Cl)c1OCC(N)=O. The molecule has 0 saturated heterocycles. The number of nitrogens with one attached hydrogen (secondary N) is 1. The van der Waals surface area contributed by atoms with Crippen molar-refractivity contribution in [3.05, 3.63) is 40.6 Å². The van der Waals surface area contributed by atoms with Crippen LogP contribution in [-0.4, -0.2) is 30.5 Å². The molecule has 3 N–H and O–H groups in total. The van der Waals surface area contributed by atoms with E-state index in [-0.39, 0.29) is 40.7 Å². The Balaban J connectivity index is 2.10. The largest absolute Gasteiger partial charge is 0.493 e. The van der Waals surface area contributed by atoms with Crippen LogP contribution in [0.25, 0.3) is 0 Å². The molecule has 146 valence electrons. The second-order valence-corrected chi connectivity index (χ2v) is 7.20. The van der Waals surface area contributed by atoms with Gasteiger partial charge in [0.2, 0.25) is 5.89 Å². The van der Waals surface area contributed by atoms with E-state index in [0.717, 1.165) is 5.76 Å². The van der Waals surface area contributed by atoms with Crippen molar-refractivity contribution in [2.24, 2.45) is 5.73 Å². The summed E-state index contributed by atoms with van der Waals surface area (Å²) in [4.78, 5) is 27.4. The van der Waals surface area contributed by atoms with Crippen LogP contribution in [0, 0.1) is 0 Å². The first-order valence-corrected chi connectivity index (χ1v) is 8.51. The predicted molar refractivity (Wildman–Crippen MR) is 99.1 cm³/mol. The van der Waals surface area contributed by atoms with Crippen LogP contribution >= 0.6 is 11.6 Å². The van der Waals surface area contributed by atoms with Gasteiger partial charge in [-0.1, -0.05) is 32.4 Å². The van der Waals surface area contributed by atoms with Gasteiger partial charge in [0.1, 0.15) is 5.76 Å². The third-order valence-corrected chi connectivity index (χ3v) is 3.82. The van der Waals surface area contributed by atoms with Gasteiger partial charge in [-0.3, -0.25) is 9.59 Å². The molecule has 8 nitrogen and oxygen atoms in total. The Morgan fingerprint density at radius 2 is 2.04 bits per heavy atom. The highest BCUT2D eigenvalue weighted by Gasteiger charge is 2.20. The number of rotatable bonds is 7. The number of amides is 2. The molecule has 0 atom stereocenters. The summed E-state index contributed by atoms with van der Waals surface area (Å²) in [6.45, 7) is 5.78. The van der Waals surface area contributed by atoms with Crippen molar-refractivity contribution in [3.8, 4) is 11.5 Å². The molecule has 9 heteroatoms. The molecule has 0 spiro atoms. The van der Waals surface area contributed by atoms with Gasteiger partial charge in [-0.2, -0.15) is 0 Å². The van der Waals surface area contributed by atoms with Crippen molar-refractivity contribution in [2.75, 3.05) is 13.7 Å². The lowest BCUT2D eigenvalue weighted by Crippen LogP contribution is -2.23. The molecule has 0 bridgehead atoms. The molecular formula is C18H22ClN3O5. The van der Waals surface area contributed by atoms with Crippen molar-refractivity contribution < 1.29 is 23.5 Å². The highest BCUT2D eigenvalue weighted by atomic mass is 35.5. The minimum absolute atomic E-state index is 0.117. The zero-order chi connectivity index (χ0) is 20.2. The summed E-state index contributed by atoms with van der Waals surface area (Å²) in [6.07, 6.45) is 1.65. The molecule has 1 heterocycles. The number of nitrogens with two attached hydrogens (primary N) is 1. The van der Waals surface area contributed by atoms with Crippen LogP contribution in [0.15, 0.2) is 22.7 Å². The normalized spacial score (nSPS) is 11.1. The molecule has 0 unspecified atom stereocenters. The molecule has 0 aliphatic heterocycles. The van der Waals surface area contributed by atoms with Gasteiger partial charge in [0, 0.05) is 11.0 Å². The molecule has 0 fully saturated rings. The first-order chi connectivity index (χ1) is 12.6. The molecule has 2 amide bonds. The number of methoxy groups -OCH3 is 1. The predicted octanol–water partition coefficient (Wildman–Crippen LogP) is 2.43. The zero-order valence-electron chi connectivity index (χ0n) is 15.6. The monoisotopic (exact) mass is 395 g/mol. The van der Waals surface area contributed by atoms with E-state index in [4.69, 9.17) is 31.2 Å². The molecule has 1 aromatic heterocycles. The lowest BCUT2D eigenvalue weighted by atomic mass is 9.94. The number of hydrogen-bond acceptors (Lipinski definition) is 6. The number of carbonyl (C=O) groups excluding carboxylic acids is 2. The number of nitrogens with zero attached hydrogens (tertiary/aromatic N) is 1. The molecular weight excluding hydrogens is 374 g/mol. The van der Waals surface area contributed by atoms with E-state index in [2.05, 4.69) is 10.3 Å². The Labute approximate surface area is 162 Å². The van der Waals surface area contributed by atoms with E-state index in [1.807, 2.05) is 20.8 Å². The summed E-state index contributed by atoms with van der Waals surface area (Å²) in [5, 5.41) is 2.82. The van der Waals surface area contributed by atoms with Crippen LogP contribution in [0.2, 0.25) is 5.02 Å². The summed E-state index contributed by atoms with van der Waals surface area (Å²) < 4.78 is 16.0. The van der Waals surface area contributed by atoms with Gasteiger partial charge in [0.25, 0.3) is 11.8 Å². The first-order valence-electron chi connectivity index (χ1n) is 8.14. The van der Waals surface area contributed by atoms with Crippen molar-refractivity contribution in [1.29, 1.82) is 0 Å². The number of carbonyl (C=O) groups is 2. The van der Waals surface area contributed by atoms with Gasteiger partial charge in [-0.15, -0.1) is 0 Å². The number of aromatic nitrogens is 1. The molecule has 0 saturated carbocycles. The second kappa shape index (κ2) is 8.30. The zero-order valence-corrected chi connectivity index (χ0v) is 16.3. The van der Waals surface area contributed by atoms with Gasteiger partial charge >= 0.3 is 0 Å². The highest BCUT2D eigenvalue weighted by molar-refractivity contribution is 6.32. The minimum atomic E-state index is -0.657. The Kier molecular flexibility index (Phi) is 6.32. The van der Waals surface area contributed by atoms with E-state index in [9.17, 15) is 9.59 Å². The van der Waals surface area contributed by atoms with Crippen LogP contribution in [-0.2, 0) is 16.8 Å². The fourth-order valence-corrected chi connectivity index (χ4v) is 2.40. The molecule has 1 aromatic carbocycles. The van der Waals surface area contributed by atoms with E-state index in [1.54, 1.807) is 6.20 Å². The average Bonchev–Trinajstić information content (AvgIpc) is 3.07. The Hall–Kier alpha value is -2.74. The number of oxazole rings is 1. The van der Waals surface area contributed by atoms with Crippen LogP contribution in [0.5, 0.6) is 11.5 Å². The van der Waals surface area contributed by atoms with Crippen LogP contribution in [0.4, 0.5) is 0 Å². The van der Waals surface area contributed by atoms with Crippen LogP contribution in [0.3, 0.4) is 0 Å². The quantitative estimate of drug-likeness (QED) is 0.743. The molecule has 0 aliphatic rings. The third kappa shape index (κ3) is 5.37. The second-order valence-electron chi connectivity index (χ2n) is 6.80. The van der Waals surface area contributed by atoms with E-state index < -0.39 is 11.8 Å². The fraction of sp³-hybridized carbons (Fsp3) is 0.389. The lowest BCUT2D eigenvalue weighted by molar-refractivity contribution is -0.119. The van der Waals surface area contributed by atoms with Crippen molar-refractivity contribution in [2.45, 2.75) is 32.7 Å². The average molecular weight is 396 g/mol. The topological polar surface area (TPSA) is 117 Å². The molecule has 2 rings (SSSR count). The van der Waals surface area contributed by atoms with E-state index >= 15 is 0 Å². The molecule has 2 aromatic rings. The maximum atomic E-state index is 12.4. The molecule has 0 radical (unpaired) electrons. The Morgan fingerprint density at radius 1 is 1.33 bits per heavy atom. The summed E-state index contributed by atoms with van der Waals surface area (Å²) >= 11 is 6.14. The summed E-state index contributed by atoms with van der Waals surface area (Å²) in [5.41, 5.74) is 5.14. The third-order valence-electron chi connectivity index (χ3n) is 3.54. The summed E-state index contributed by atoms with van der Waals surface area (Å²) in [5.74, 6) is 0.417. The van der Waals surface area contributed by atoms with Gasteiger partial charge in [-0.05, 0) is 12.1 Å².